The highest BCUT2D eigenvalue weighted by Gasteiger charge is 2.18. The molecule has 1 heterocycles. The fraction of sp³-hybridized carbons (Fsp3) is 0.333. The smallest absolute Gasteiger partial charge is 0.256 e. The van der Waals surface area contributed by atoms with Crippen molar-refractivity contribution < 1.29 is 9.53 Å². The molecule has 2 rings (SSSR count). The van der Waals surface area contributed by atoms with E-state index in [0.717, 1.165) is 5.56 Å². The third-order valence-corrected chi connectivity index (χ3v) is 3.56. The topological polar surface area (TPSA) is 54.5 Å². The van der Waals surface area contributed by atoms with Gasteiger partial charge in [-0.3, -0.25) is 4.79 Å². The van der Waals surface area contributed by atoms with Crippen molar-refractivity contribution >= 4 is 5.91 Å². The van der Waals surface area contributed by atoms with E-state index >= 15 is 0 Å². The molecule has 1 atom stereocenters. The van der Waals surface area contributed by atoms with Crippen molar-refractivity contribution in [3.05, 3.63) is 59.8 Å². The number of benzene rings is 1. The molecule has 1 aromatic heterocycles. The maximum atomic E-state index is 12.4. The van der Waals surface area contributed by atoms with Crippen molar-refractivity contribution in [2.24, 2.45) is 0 Å². The molecule has 5 nitrogen and oxygen atoms in total. The van der Waals surface area contributed by atoms with Crippen LogP contribution in [-0.2, 0) is 0 Å². The van der Waals surface area contributed by atoms with Gasteiger partial charge in [-0.05, 0) is 38.7 Å². The molecule has 0 unspecified atom stereocenters. The van der Waals surface area contributed by atoms with Crippen LogP contribution in [0.15, 0.2) is 48.7 Å². The third kappa shape index (κ3) is 4.53. The van der Waals surface area contributed by atoms with Crippen molar-refractivity contribution in [2.45, 2.75) is 13.0 Å². The second-order valence-electron chi connectivity index (χ2n) is 5.39. The van der Waals surface area contributed by atoms with Crippen LogP contribution in [0.3, 0.4) is 0 Å². The van der Waals surface area contributed by atoms with E-state index in [1.54, 1.807) is 18.3 Å². The SMILES string of the molecule is CCOc1ncccc1C(=O)NC[C@@H](c1ccccc1)N(C)C. The summed E-state index contributed by atoms with van der Waals surface area (Å²) in [6, 6.07) is 13.7. The molecule has 0 radical (unpaired) electrons. The Hall–Kier alpha value is -2.40. The molecule has 0 fully saturated rings. The van der Waals surface area contributed by atoms with Crippen LogP contribution in [0.25, 0.3) is 0 Å². The summed E-state index contributed by atoms with van der Waals surface area (Å²) in [6.45, 7) is 2.85. The monoisotopic (exact) mass is 313 g/mol. The van der Waals surface area contributed by atoms with E-state index in [0.29, 0.717) is 24.6 Å². The first-order chi connectivity index (χ1) is 11.1. The van der Waals surface area contributed by atoms with Crippen LogP contribution in [0, 0.1) is 0 Å². The molecule has 0 aliphatic heterocycles. The lowest BCUT2D eigenvalue weighted by molar-refractivity contribution is 0.0937. The molecule has 0 saturated heterocycles. The highest BCUT2D eigenvalue weighted by Crippen LogP contribution is 2.18. The van der Waals surface area contributed by atoms with Crippen molar-refractivity contribution in [1.82, 2.24) is 15.2 Å². The summed E-state index contributed by atoms with van der Waals surface area (Å²) < 4.78 is 5.41. The lowest BCUT2D eigenvalue weighted by atomic mass is 10.1. The highest BCUT2D eigenvalue weighted by molar-refractivity contribution is 5.96. The van der Waals surface area contributed by atoms with Gasteiger partial charge in [-0.1, -0.05) is 30.3 Å². The lowest BCUT2D eigenvalue weighted by Crippen LogP contribution is -2.34. The number of carbonyl (C=O) groups is 1. The predicted octanol–water partition coefficient (Wildman–Crippen LogP) is 2.51. The Morgan fingerprint density at radius 2 is 1.96 bits per heavy atom. The van der Waals surface area contributed by atoms with Crippen LogP contribution < -0.4 is 10.1 Å². The summed E-state index contributed by atoms with van der Waals surface area (Å²) in [7, 11) is 4.00. The number of aromatic nitrogens is 1. The summed E-state index contributed by atoms with van der Waals surface area (Å²) in [5, 5.41) is 2.98. The predicted molar refractivity (Wildman–Crippen MR) is 90.6 cm³/mol. The van der Waals surface area contributed by atoms with E-state index < -0.39 is 0 Å². The van der Waals surface area contributed by atoms with Gasteiger partial charge in [0.15, 0.2) is 0 Å². The molecular weight excluding hydrogens is 290 g/mol. The van der Waals surface area contributed by atoms with Crippen molar-refractivity contribution in [3.8, 4) is 5.88 Å². The molecule has 0 saturated carbocycles. The van der Waals surface area contributed by atoms with Gasteiger partial charge >= 0.3 is 0 Å². The fourth-order valence-corrected chi connectivity index (χ4v) is 2.37. The highest BCUT2D eigenvalue weighted by atomic mass is 16.5. The van der Waals surface area contributed by atoms with E-state index in [1.807, 2.05) is 39.2 Å². The number of carbonyl (C=O) groups excluding carboxylic acids is 1. The minimum Gasteiger partial charge on any atom is -0.477 e. The number of pyridine rings is 1. The number of ether oxygens (including phenoxy) is 1. The molecule has 23 heavy (non-hydrogen) atoms. The number of nitrogens with one attached hydrogen (secondary N) is 1. The Kier molecular flexibility index (Phi) is 6.11. The first-order valence-electron chi connectivity index (χ1n) is 7.70. The van der Waals surface area contributed by atoms with Gasteiger partial charge in [0.2, 0.25) is 5.88 Å². The molecule has 5 heteroatoms. The van der Waals surface area contributed by atoms with E-state index in [4.69, 9.17) is 4.74 Å². The second kappa shape index (κ2) is 8.29. The van der Waals surface area contributed by atoms with Gasteiger partial charge in [0.05, 0.1) is 12.6 Å². The lowest BCUT2D eigenvalue weighted by Gasteiger charge is -2.25. The van der Waals surface area contributed by atoms with Gasteiger partial charge in [-0.2, -0.15) is 0 Å². The van der Waals surface area contributed by atoms with Gasteiger partial charge in [0.1, 0.15) is 5.56 Å². The Morgan fingerprint density at radius 1 is 1.22 bits per heavy atom. The number of likely N-dealkylation sites (N-methyl/N-ethyl adjacent to an activating group) is 1. The molecule has 1 aromatic carbocycles. The van der Waals surface area contributed by atoms with Gasteiger partial charge in [-0.15, -0.1) is 0 Å². The molecular formula is C18H23N3O2. The van der Waals surface area contributed by atoms with E-state index in [1.165, 1.54) is 0 Å². The van der Waals surface area contributed by atoms with Gasteiger partial charge in [0.25, 0.3) is 5.91 Å². The molecule has 122 valence electrons. The molecule has 0 aliphatic carbocycles. The third-order valence-electron chi connectivity index (χ3n) is 3.56. The summed E-state index contributed by atoms with van der Waals surface area (Å²) in [4.78, 5) is 18.7. The van der Waals surface area contributed by atoms with Crippen LogP contribution in [0.1, 0.15) is 28.9 Å². The van der Waals surface area contributed by atoms with Gasteiger partial charge in [0, 0.05) is 12.7 Å². The number of amides is 1. The largest absolute Gasteiger partial charge is 0.477 e. The quantitative estimate of drug-likeness (QED) is 0.853. The molecule has 0 aliphatic rings. The zero-order valence-corrected chi connectivity index (χ0v) is 13.8. The molecule has 2 aromatic rings. The number of hydrogen-bond acceptors (Lipinski definition) is 4. The maximum absolute atomic E-state index is 12.4. The summed E-state index contributed by atoms with van der Waals surface area (Å²) in [5.41, 5.74) is 1.62. The summed E-state index contributed by atoms with van der Waals surface area (Å²) >= 11 is 0. The van der Waals surface area contributed by atoms with Gasteiger partial charge < -0.3 is 15.0 Å². The molecule has 0 spiro atoms. The number of nitrogens with zero attached hydrogens (tertiary/aromatic N) is 2. The second-order valence-corrected chi connectivity index (χ2v) is 5.39. The normalized spacial score (nSPS) is 12.0. The van der Waals surface area contributed by atoms with Crippen LogP contribution >= 0.6 is 0 Å². The van der Waals surface area contributed by atoms with Crippen LogP contribution in [-0.4, -0.2) is 43.0 Å². The van der Waals surface area contributed by atoms with Crippen molar-refractivity contribution in [1.29, 1.82) is 0 Å². The molecule has 1 amide bonds. The maximum Gasteiger partial charge on any atom is 0.256 e. The van der Waals surface area contributed by atoms with E-state index in [-0.39, 0.29) is 11.9 Å². The molecule has 0 bridgehead atoms. The Balaban J connectivity index is 2.08. The molecule has 1 N–H and O–H groups in total. The van der Waals surface area contributed by atoms with Crippen LogP contribution in [0.4, 0.5) is 0 Å². The standard InChI is InChI=1S/C18H23N3O2/c1-4-23-18-15(11-8-12-19-18)17(22)20-13-16(21(2)3)14-9-6-5-7-10-14/h5-12,16H,4,13H2,1-3H3,(H,20,22)/t16-/m0/s1. The average molecular weight is 313 g/mol. The van der Waals surface area contributed by atoms with E-state index in [9.17, 15) is 4.79 Å². The minimum absolute atomic E-state index is 0.104. The summed E-state index contributed by atoms with van der Waals surface area (Å²) in [5.74, 6) is 0.193. The van der Waals surface area contributed by atoms with Crippen LogP contribution in [0.5, 0.6) is 5.88 Å². The number of hydrogen-bond donors (Lipinski definition) is 1. The van der Waals surface area contributed by atoms with Crippen LogP contribution in [0.2, 0.25) is 0 Å². The van der Waals surface area contributed by atoms with Crippen molar-refractivity contribution in [2.75, 3.05) is 27.2 Å². The first kappa shape index (κ1) is 17.0. The zero-order chi connectivity index (χ0) is 16.7. The zero-order valence-electron chi connectivity index (χ0n) is 13.8. The number of rotatable bonds is 7. The minimum atomic E-state index is -0.177. The first-order valence-corrected chi connectivity index (χ1v) is 7.70. The van der Waals surface area contributed by atoms with Crippen molar-refractivity contribution in [3.63, 3.8) is 0 Å². The Bertz CT molecular complexity index is 629. The van der Waals surface area contributed by atoms with Gasteiger partial charge in [-0.25, -0.2) is 4.98 Å². The Labute approximate surface area is 137 Å². The average Bonchev–Trinajstić information content (AvgIpc) is 2.56. The Morgan fingerprint density at radius 3 is 2.61 bits per heavy atom. The fourth-order valence-electron chi connectivity index (χ4n) is 2.37. The summed E-state index contributed by atoms with van der Waals surface area (Å²) in [6.07, 6.45) is 1.62. The van der Waals surface area contributed by atoms with E-state index in [2.05, 4.69) is 27.3 Å².